The first kappa shape index (κ1) is 13.9. The lowest BCUT2D eigenvalue weighted by molar-refractivity contribution is -0.115. The highest BCUT2D eigenvalue weighted by molar-refractivity contribution is 5.91. The average molecular weight is 271 g/mol. The summed E-state index contributed by atoms with van der Waals surface area (Å²) in [5.41, 5.74) is 2.74. The summed E-state index contributed by atoms with van der Waals surface area (Å²) in [5.74, 6) is 0.583. The quantitative estimate of drug-likeness (QED) is 0.865. The molecule has 5 nitrogen and oxygen atoms in total. The summed E-state index contributed by atoms with van der Waals surface area (Å²) in [6.45, 7) is 1.93. The van der Waals surface area contributed by atoms with Crippen LogP contribution < -0.4 is 10.1 Å². The summed E-state index contributed by atoms with van der Waals surface area (Å²) in [4.78, 5) is 15.4. The van der Waals surface area contributed by atoms with E-state index in [0.29, 0.717) is 0 Å². The van der Waals surface area contributed by atoms with E-state index < -0.39 is 0 Å². The summed E-state index contributed by atoms with van der Waals surface area (Å²) < 4.78 is 7.30. The van der Waals surface area contributed by atoms with Gasteiger partial charge in [0.25, 0.3) is 0 Å². The molecule has 5 heteroatoms. The van der Waals surface area contributed by atoms with Crippen molar-refractivity contribution in [3.05, 3.63) is 48.1 Å². The third-order valence-electron chi connectivity index (χ3n) is 2.87. The molecule has 1 heterocycles. The van der Waals surface area contributed by atoms with E-state index in [-0.39, 0.29) is 5.91 Å². The number of amides is 1. The zero-order valence-electron chi connectivity index (χ0n) is 11.8. The minimum atomic E-state index is -0.140. The molecule has 0 saturated heterocycles. The standard InChI is InChI=1S/C15H17N3O2/c1-11-9-18(10-17-11)13-6-4-12(8-14(13)20-3)5-7-15(19)16-2/h4-10H,1-3H3,(H,16,19). The van der Waals surface area contributed by atoms with Crippen LogP contribution in [0.4, 0.5) is 0 Å². The van der Waals surface area contributed by atoms with Crippen LogP contribution in [-0.4, -0.2) is 29.6 Å². The van der Waals surface area contributed by atoms with E-state index in [9.17, 15) is 4.79 Å². The molecule has 1 aromatic carbocycles. The van der Waals surface area contributed by atoms with Crippen molar-refractivity contribution in [1.82, 2.24) is 14.9 Å². The van der Waals surface area contributed by atoms with Crippen molar-refractivity contribution in [2.45, 2.75) is 6.92 Å². The van der Waals surface area contributed by atoms with Crippen molar-refractivity contribution in [2.24, 2.45) is 0 Å². The van der Waals surface area contributed by atoms with Crippen LogP contribution in [0.1, 0.15) is 11.3 Å². The molecule has 0 saturated carbocycles. The maximum absolute atomic E-state index is 11.2. The van der Waals surface area contributed by atoms with Crippen molar-refractivity contribution in [3.8, 4) is 11.4 Å². The van der Waals surface area contributed by atoms with Crippen molar-refractivity contribution in [2.75, 3.05) is 14.2 Å². The number of imidazole rings is 1. The van der Waals surface area contributed by atoms with Crippen molar-refractivity contribution in [1.29, 1.82) is 0 Å². The summed E-state index contributed by atoms with van der Waals surface area (Å²) >= 11 is 0. The Kier molecular flexibility index (Phi) is 4.20. The Balaban J connectivity index is 2.33. The summed E-state index contributed by atoms with van der Waals surface area (Å²) in [6.07, 6.45) is 6.89. The van der Waals surface area contributed by atoms with Gasteiger partial charge in [0.1, 0.15) is 5.75 Å². The zero-order chi connectivity index (χ0) is 14.5. The molecule has 0 aliphatic carbocycles. The van der Waals surface area contributed by atoms with Crippen LogP contribution in [0.3, 0.4) is 0 Å². The third-order valence-corrected chi connectivity index (χ3v) is 2.87. The molecule has 0 unspecified atom stereocenters. The minimum Gasteiger partial charge on any atom is -0.495 e. The maximum atomic E-state index is 11.2. The zero-order valence-corrected chi connectivity index (χ0v) is 11.8. The third kappa shape index (κ3) is 3.06. The van der Waals surface area contributed by atoms with Crippen molar-refractivity contribution < 1.29 is 9.53 Å². The topological polar surface area (TPSA) is 56.2 Å². The van der Waals surface area contributed by atoms with Crippen LogP contribution in [-0.2, 0) is 4.79 Å². The molecular formula is C15H17N3O2. The molecular weight excluding hydrogens is 254 g/mol. The number of carbonyl (C=O) groups is 1. The van der Waals surface area contributed by atoms with Crippen molar-refractivity contribution >= 4 is 12.0 Å². The number of aryl methyl sites for hydroxylation is 1. The molecule has 0 bridgehead atoms. The molecule has 0 atom stereocenters. The minimum absolute atomic E-state index is 0.140. The van der Waals surface area contributed by atoms with Gasteiger partial charge >= 0.3 is 0 Å². The van der Waals surface area contributed by atoms with Crippen molar-refractivity contribution in [3.63, 3.8) is 0 Å². The molecule has 0 aliphatic rings. The fraction of sp³-hybridized carbons (Fsp3) is 0.200. The Bertz CT molecular complexity index is 644. The second-order valence-corrected chi connectivity index (χ2v) is 4.30. The average Bonchev–Trinajstić information content (AvgIpc) is 2.90. The monoisotopic (exact) mass is 271 g/mol. The van der Waals surface area contributed by atoms with E-state index in [0.717, 1.165) is 22.7 Å². The van der Waals surface area contributed by atoms with Gasteiger partial charge in [-0.15, -0.1) is 0 Å². The molecule has 0 fully saturated rings. The van der Waals surface area contributed by atoms with Gasteiger partial charge in [-0.2, -0.15) is 0 Å². The molecule has 0 aliphatic heterocycles. The van der Waals surface area contributed by atoms with E-state index >= 15 is 0 Å². The van der Waals surface area contributed by atoms with Gasteiger partial charge in [0.15, 0.2) is 0 Å². The maximum Gasteiger partial charge on any atom is 0.243 e. The number of ether oxygens (including phenoxy) is 1. The SMILES string of the molecule is CNC(=O)C=Cc1ccc(-n2cnc(C)c2)c(OC)c1. The number of nitrogens with one attached hydrogen (secondary N) is 1. The smallest absolute Gasteiger partial charge is 0.243 e. The number of rotatable bonds is 4. The number of methoxy groups -OCH3 is 1. The second kappa shape index (κ2) is 6.06. The summed E-state index contributed by atoms with van der Waals surface area (Å²) in [7, 11) is 3.21. The van der Waals surface area contributed by atoms with Crippen LogP contribution in [0.2, 0.25) is 0 Å². The van der Waals surface area contributed by atoms with Crippen LogP contribution in [0.15, 0.2) is 36.8 Å². The Labute approximate surface area is 117 Å². The Hall–Kier alpha value is -2.56. The molecule has 1 amide bonds. The number of aromatic nitrogens is 2. The molecule has 0 radical (unpaired) electrons. The Morgan fingerprint density at radius 1 is 1.45 bits per heavy atom. The Morgan fingerprint density at radius 3 is 2.85 bits per heavy atom. The lowest BCUT2D eigenvalue weighted by Gasteiger charge is -2.09. The van der Waals surface area contributed by atoms with Crippen LogP contribution in [0.25, 0.3) is 11.8 Å². The van der Waals surface area contributed by atoms with Gasteiger partial charge in [-0.25, -0.2) is 4.98 Å². The molecule has 2 rings (SSSR count). The first-order chi connectivity index (χ1) is 9.63. The normalized spacial score (nSPS) is 10.8. The molecule has 1 N–H and O–H groups in total. The number of nitrogens with zero attached hydrogens (tertiary/aromatic N) is 2. The van der Waals surface area contributed by atoms with Crippen LogP contribution >= 0.6 is 0 Å². The predicted octanol–water partition coefficient (Wildman–Crippen LogP) is 1.95. The number of carbonyl (C=O) groups excluding carboxylic acids is 1. The highest BCUT2D eigenvalue weighted by Crippen LogP contribution is 2.25. The van der Waals surface area contributed by atoms with Gasteiger partial charge in [0.2, 0.25) is 5.91 Å². The number of benzene rings is 1. The first-order valence-electron chi connectivity index (χ1n) is 6.23. The van der Waals surface area contributed by atoms with Gasteiger partial charge in [0, 0.05) is 19.3 Å². The molecule has 1 aromatic heterocycles. The van der Waals surface area contributed by atoms with E-state index in [1.807, 2.05) is 35.9 Å². The molecule has 0 spiro atoms. The lowest BCUT2D eigenvalue weighted by atomic mass is 10.1. The predicted molar refractivity (Wildman–Crippen MR) is 78.0 cm³/mol. The molecule has 20 heavy (non-hydrogen) atoms. The summed E-state index contributed by atoms with van der Waals surface area (Å²) in [5, 5.41) is 2.53. The fourth-order valence-electron chi connectivity index (χ4n) is 1.82. The second-order valence-electron chi connectivity index (χ2n) is 4.30. The largest absolute Gasteiger partial charge is 0.495 e. The number of hydrogen-bond donors (Lipinski definition) is 1. The van der Waals surface area contributed by atoms with Gasteiger partial charge < -0.3 is 14.6 Å². The van der Waals surface area contributed by atoms with E-state index in [4.69, 9.17) is 4.74 Å². The highest BCUT2D eigenvalue weighted by atomic mass is 16.5. The lowest BCUT2D eigenvalue weighted by Crippen LogP contribution is -2.13. The molecule has 2 aromatic rings. The van der Waals surface area contributed by atoms with Gasteiger partial charge in [-0.3, -0.25) is 4.79 Å². The summed E-state index contributed by atoms with van der Waals surface area (Å²) in [6, 6.07) is 5.74. The number of likely N-dealkylation sites (N-methyl/N-ethyl adjacent to an activating group) is 1. The first-order valence-corrected chi connectivity index (χ1v) is 6.23. The van der Waals surface area contributed by atoms with E-state index in [1.165, 1.54) is 6.08 Å². The highest BCUT2D eigenvalue weighted by Gasteiger charge is 2.06. The number of hydrogen-bond acceptors (Lipinski definition) is 3. The van der Waals surface area contributed by atoms with Gasteiger partial charge in [-0.05, 0) is 30.7 Å². The fourth-order valence-corrected chi connectivity index (χ4v) is 1.82. The van der Waals surface area contributed by atoms with E-state index in [2.05, 4.69) is 10.3 Å². The van der Waals surface area contributed by atoms with Gasteiger partial charge in [-0.1, -0.05) is 6.07 Å². The Morgan fingerprint density at radius 2 is 2.25 bits per heavy atom. The van der Waals surface area contributed by atoms with E-state index in [1.54, 1.807) is 26.6 Å². The van der Waals surface area contributed by atoms with Crippen LogP contribution in [0.5, 0.6) is 5.75 Å². The van der Waals surface area contributed by atoms with Gasteiger partial charge in [0.05, 0.1) is 24.8 Å². The van der Waals surface area contributed by atoms with Crippen LogP contribution in [0, 0.1) is 6.92 Å². The molecule has 104 valence electrons.